The van der Waals surface area contributed by atoms with Crippen LogP contribution < -0.4 is 9.64 Å². The fourth-order valence-corrected chi connectivity index (χ4v) is 3.74. The van der Waals surface area contributed by atoms with Crippen LogP contribution in [-0.2, 0) is 14.3 Å². The smallest absolute Gasteiger partial charge is 0.343 e. The molecule has 1 heterocycles. The standard InChI is InChI=1S/C28H25NO6/c1-18-3-7-21(8-4-18)28(33)35-24-13-9-20(10-14-24)25(30)17-34-27(32)22-15-26(31)29(16-22)23-11-5-19(2)6-12-23/h3-14,22H,15-17H2,1-2H3. The van der Waals surface area contributed by atoms with E-state index in [-0.39, 0.29) is 18.9 Å². The molecule has 0 saturated carbocycles. The van der Waals surface area contributed by atoms with Crippen LogP contribution in [0.1, 0.15) is 38.3 Å². The minimum absolute atomic E-state index is 0.0436. The molecule has 3 aromatic carbocycles. The van der Waals surface area contributed by atoms with Gasteiger partial charge in [-0.15, -0.1) is 0 Å². The van der Waals surface area contributed by atoms with Gasteiger partial charge in [-0.3, -0.25) is 14.4 Å². The molecule has 0 aliphatic carbocycles. The number of Topliss-reactive ketones (excluding diaryl/α,β-unsaturated/α-hetero) is 1. The molecule has 1 aliphatic rings. The topological polar surface area (TPSA) is 90.0 Å². The number of ether oxygens (including phenoxy) is 2. The number of hydrogen-bond donors (Lipinski definition) is 0. The Bertz CT molecular complexity index is 1250. The molecule has 0 N–H and O–H groups in total. The Kier molecular flexibility index (Phi) is 7.06. The molecule has 1 aliphatic heterocycles. The summed E-state index contributed by atoms with van der Waals surface area (Å²) >= 11 is 0. The molecule has 1 atom stereocenters. The van der Waals surface area contributed by atoms with Crippen molar-refractivity contribution in [3.63, 3.8) is 0 Å². The summed E-state index contributed by atoms with van der Waals surface area (Å²) in [5.41, 5.74) is 3.58. The van der Waals surface area contributed by atoms with Crippen LogP contribution in [0.4, 0.5) is 5.69 Å². The molecule has 0 spiro atoms. The lowest BCUT2D eigenvalue weighted by molar-refractivity contribution is -0.147. The van der Waals surface area contributed by atoms with E-state index in [1.165, 1.54) is 24.3 Å². The maximum Gasteiger partial charge on any atom is 0.343 e. The summed E-state index contributed by atoms with van der Waals surface area (Å²) in [6, 6.07) is 20.5. The third-order valence-electron chi connectivity index (χ3n) is 5.82. The Hall–Kier alpha value is -4.26. The van der Waals surface area contributed by atoms with Gasteiger partial charge in [0.25, 0.3) is 0 Å². The summed E-state index contributed by atoms with van der Waals surface area (Å²) in [7, 11) is 0. The number of anilines is 1. The van der Waals surface area contributed by atoms with Crippen molar-refractivity contribution in [2.24, 2.45) is 5.92 Å². The van der Waals surface area contributed by atoms with E-state index in [1.54, 1.807) is 17.0 Å². The SMILES string of the molecule is Cc1ccc(C(=O)Oc2ccc(C(=O)COC(=O)C3CC(=O)N(c4ccc(C)cc4)C3)cc2)cc1. The maximum absolute atomic E-state index is 12.5. The summed E-state index contributed by atoms with van der Waals surface area (Å²) in [6.45, 7) is 3.67. The van der Waals surface area contributed by atoms with Gasteiger partial charge < -0.3 is 14.4 Å². The molecule has 1 fully saturated rings. The van der Waals surface area contributed by atoms with Gasteiger partial charge in [-0.1, -0.05) is 35.4 Å². The molecule has 0 aromatic heterocycles. The predicted octanol–water partition coefficient (Wildman–Crippen LogP) is 4.30. The van der Waals surface area contributed by atoms with E-state index in [4.69, 9.17) is 9.47 Å². The van der Waals surface area contributed by atoms with E-state index in [0.29, 0.717) is 16.9 Å². The quantitative estimate of drug-likeness (QED) is 0.290. The molecule has 3 aromatic rings. The van der Waals surface area contributed by atoms with E-state index in [2.05, 4.69) is 0 Å². The number of nitrogens with zero attached hydrogens (tertiary/aromatic N) is 1. The van der Waals surface area contributed by atoms with Gasteiger partial charge in [0.1, 0.15) is 5.75 Å². The number of amides is 1. The first kappa shape index (κ1) is 23.9. The monoisotopic (exact) mass is 471 g/mol. The van der Waals surface area contributed by atoms with Crippen molar-refractivity contribution in [2.75, 3.05) is 18.1 Å². The van der Waals surface area contributed by atoms with E-state index in [9.17, 15) is 19.2 Å². The zero-order chi connectivity index (χ0) is 24.9. The first-order chi connectivity index (χ1) is 16.8. The highest BCUT2D eigenvalue weighted by Crippen LogP contribution is 2.26. The first-order valence-electron chi connectivity index (χ1n) is 11.3. The molecule has 7 nitrogen and oxygen atoms in total. The van der Waals surface area contributed by atoms with Crippen molar-refractivity contribution in [2.45, 2.75) is 20.3 Å². The Morgan fingerprint density at radius 3 is 2.03 bits per heavy atom. The third kappa shape index (κ3) is 5.81. The maximum atomic E-state index is 12.5. The average Bonchev–Trinajstić information content (AvgIpc) is 3.25. The number of aryl methyl sites for hydroxylation is 2. The molecule has 35 heavy (non-hydrogen) atoms. The van der Waals surface area contributed by atoms with E-state index < -0.39 is 30.2 Å². The predicted molar refractivity (Wildman–Crippen MR) is 130 cm³/mol. The van der Waals surface area contributed by atoms with Gasteiger partial charge in [0.2, 0.25) is 5.91 Å². The molecular weight excluding hydrogens is 446 g/mol. The lowest BCUT2D eigenvalue weighted by atomic mass is 10.1. The van der Waals surface area contributed by atoms with Gasteiger partial charge in [-0.05, 0) is 62.4 Å². The normalized spacial score (nSPS) is 15.1. The highest BCUT2D eigenvalue weighted by Gasteiger charge is 2.36. The number of hydrogen-bond acceptors (Lipinski definition) is 6. The van der Waals surface area contributed by atoms with Crippen molar-refractivity contribution in [1.82, 2.24) is 0 Å². The second-order valence-corrected chi connectivity index (χ2v) is 8.55. The number of carbonyl (C=O) groups excluding carboxylic acids is 4. The van der Waals surface area contributed by atoms with Gasteiger partial charge in [0, 0.05) is 24.2 Å². The fourth-order valence-electron chi connectivity index (χ4n) is 3.74. The number of esters is 2. The van der Waals surface area contributed by atoms with Crippen molar-refractivity contribution < 1.29 is 28.7 Å². The van der Waals surface area contributed by atoms with Crippen molar-refractivity contribution in [3.8, 4) is 5.75 Å². The lowest BCUT2D eigenvalue weighted by Crippen LogP contribution is -2.27. The third-order valence-corrected chi connectivity index (χ3v) is 5.82. The molecule has 7 heteroatoms. The van der Waals surface area contributed by atoms with Crippen LogP contribution in [0.2, 0.25) is 0 Å². The lowest BCUT2D eigenvalue weighted by Gasteiger charge is -2.16. The zero-order valence-electron chi connectivity index (χ0n) is 19.5. The summed E-state index contributed by atoms with van der Waals surface area (Å²) in [6.07, 6.45) is 0.0436. The van der Waals surface area contributed by atoms with E-state index in [1.807, 2.05) is 50.2 Å². The second-order valence-electron chi connectivity index (χ2n) is 8.55. The van der Waals surface area contributed by atoms with E-state index in [0.717, 1.165) is 16.8 Å². The molecular formula is C28H25NO6. The minimum atomic E-state index is -0.625. The number of rotatable bonds is 7. The summed E-state index contributed by atoms with van der Waals surface area (Å²) in [5.74, 6) is -1.95. The molecule has 1 unspecified atom stereocenters. The van der Waals surface area contributed by atoms with Crippen molar-refractivity contribution in [3.05, 3.63) is 95.1 Å². The van der Waals surface area contributed by atoms with Crippen LogP contribution in [0.5, 0.6) is 5.75 Å². The number of benzene rings is 3. The van der Waals surface area contributed by atoms with Crippen molar-refractivity contribution in [1.29, 1.82) is 0 Å². The van der Waals surface area contributed by atoms with Crippen molar-refractivity contribution >= 4 is 29.3 Å². The van der Waals surface area contributed by atoms with E-state index >= 15 is 0 Å². The van der Waals surface area contributed by atoms with Crippen LogP contribution >= 0.6 is 0 Å². The highest BCUT2D eigenvalue weighted by atomic mass is 16.5. The largest absolute Gasteiger partial charge is 0.457 e. The Balaban J connectivity index is 1.28. The van der Waals surface area contributed by atoms with Crippen LogP contribution in [0, 0.1) is 19.8 Å². The van der Waals surface area contributed by atoms with Crippen LogP contribution in [0.25, 0.3) is 0 Å². The Morgan fingerprint density at radius 1 is 0.829 bits per heavy atom. The summed E-state index contributed by atoms with van der Waals surface area (Å²) in [4.78, 5) is 51.1. The second kappa shape index (κ2) is 10.3. The molecule has 4 rings (SSSR count). The fraction of sp³-hybridized carbons (Fsp3) is 0.214. The Labute approximate surface area is 203 Å². The molecule has 0 bridgehead atoms. The number of carbonyl (C=O) groups is 4. The van der Waals surface area contributed by atoms with Crippen LogP contribution in [-0.4, -0.2) is 36.8 Å². The van der Waals surface area contributed by atoms with Gasteiger partial charge in [0.05, 0.1) is 11.5 Å². The Morgan fingerprint density at radius 2 is 1.40 bits per heavy atom. The molecule has 1 saturated heterocycles. The summed E-state index contributed by atoms with van der Waals surface area (Å²) < 4.78 is 10.5. The average molecular weight is 472 g/mol. The number of ketones is 1. The minimum Gasteiger partial charge on any atom is -0.457 e. The van der Waals surface area contributed by atoms with Crippen LogP contribution in [0.15, 0.2) is 72.8 Å². The van der Waals surface area contributed by atoms with Gasteiger partial charge in [0.15, 0.2) is 12.4 Å². The van der Waals surface area contributed by atoms with Gasteiger partial charge in [-0.2, -0.15) is 0 Å². The molecule has 178 valence electrons. The molecule has 0 radical (unpaired) electrons. The zero-order valence-corrected chi connectivity index (χ0v) is 19.5. The van der Waals surface area contributed by atoms with Gasteiger partial charge >= 0.3 is 11.9 Å². The van der Waals surface area contributed by atoms with Crippen LogP contribution in [0.3, 0.4) is 0 Å². The highest BCUT2D eigenvalue weighted by molar-refractivity contribution is 6.01. The first-order valence-corrected chi connectivity index (χ1v) is 11.3. The van der Waals surface area contributed by atoms with Gasteiger partial charge in [-0.25, -0.2) is 4.79 Å². The molecule has 1 amide bonds. The summed E-state index contributed by atoms with van der Waals surface area (Å²) in [5, 5.41) is 0.